The number of amides is 1. The Kier molecular flexibility index (Phi) is 5.57. The summed E-state index contributed by atoms with van der Waals surface area (Å²) in [6.07, 6.45) is 0. The molecule has 0 fully saturated rings. The van der Waals surface area contributed by atoms with Crippen molar-refractivity contribution in [1.29, 1.82) is 0 Å². The normalized spacial score (nSPS) is 10.3. The lowest BCUT2D eigenvalue weighted by atomic mass is 10.2. The van der Waals surface area contributed by atoms with Crippen molar-refractivity contribution in [3.63, 3.8) is 0 Å². The van der Waals surface area contributed by atoms with Crippen molar-refractivity contribution >= 4 is 17.6 Å². The van der Waals surface area contributed by atoms with Crippen molar-refractivity contribution in [2.24, 2.45) is 0 Å². The zero-order valence-corrected chi connectivity index (χ0v) is 14.3. The Morgan fingerprint density at radius 3 is 2.62 bits per heavy atom. The minimum absolute atomic E-state index is 0.00979. The standard InChI is InChI=1S/C17H21N3O4/c1-5-24-14-9-7-6-8-13(14)18-15(21)10-20-12(3)16(11(2)19-20)17(22)23-4/h6-9H,5,10H2,1-4H3,(H,18,21). The van der Waals surface area contributed by atoms with E-state index in [2.05, 4.69) is 10.4 Å². The lowest BCUT2D eigenvalue weighted by molar-refractivity contribution is -0.117. The van der Waals surface area contributed by atoms with Gasteiger partial charge in [-0.2, -0.15) is 5.10 Å². The second-order valence-corrected chi connectivity index (χ2v) is 5.17. The third kappa shape index (κ3) is 3.73. The Bertz CT molecular complexity index is 752. The number of benzene rings is 1. The minimum Gasteiger partial charge on any atom is -0.492 e. The van der Waals surface area contributed by atoms with Crippen LogP contribution in [0.25, 0.3) is 0 Å². The number of hydrogen-bond acceptors (Lipinski definition) is 5. The molecule has 0 aliphatic rings. The van der Waals surface area contributed by atoms with Gasteiger partial charge in [-0.25, -0.2) is 4.79 Å². The van der Waals surface area contributed by atoms with E-state index in [9.17, 15) is 9.59 Å². The molecule has 1 N–H and O–H groups in total. The summed E-state index contributed by atoms with van der Waals surface area (Å²) in [6, 6.07) is 7.21. The van der Waals surface area contributed by atoms with Crippen LogP contribution in [-0.4, -0.2) is 35.4 Å². The lowest BCUT2D eigenvalue weighted by Gasteiger charge is -2.11. The highest BCUT2D eigenvalue weighted by Gasteiger charge is 2.20. The van der Waals surface area contributed by atoms with Gasteiger partial charge in [-0.05, 0) is 32.9 Å². The van der Waals surface area contributed by atoms with Crippen LogP contribution in [0, 0.1) is 13.8 Å². The Morgan fingerprint density at radius 1 is 1.25 bits per heavy atom. The van der Waals surface area contributed by atoms with E-state index in [1.54, 1.807) is 26.0 Å². The lowest BCUT2D eigenvalue weighted by Crippen LogP contribution is -2.21. The maximum absolute atomic E-state index is 12.3. The first-order chi connectivity index (χ1) is 11.5. The van der Waals surface area contributed by atoms with Gasteiger partial charge in [0.2, 0.25) is 5.91 Å². The van der Waals surface area contributed by atoms with Gasteiger partial charge in [0.1, 0.15) is 17.9 Å². The first-order valence-electron chi connectivity index (χ1n) is 7.61. The maximum atomic E-state index is 12.3. The van der Waals surface area contributed by atoms with Gasteiger partial charge in [0.25, 0.3) is 0 Å². The van der Waals surface area contributed by atoms with E-state index >= 15 is 0 Å². The van der Waals surface area contributed by atoms with Crippen molar-refractivity contribution in [1.82, 2.24) is 9.78 Å². The molecule has 0 bridgehead atoms. The van der Waals surface area contributed by atoms with E-state index < -0.39 is 5.97 Å². The van der Waals surface area contributed by atoms with Crippen LogP contribution < -0.4 is 10.1 Å². The van der Waals surface area contributed by atoms with Gasteiger partial charge in [0.05, 0.1) is 30.8 Å². The number of rotatable bonds is 6. The first kappa shape index (κ1) is 17.5. The average Bonchev–Trinajstić information content (AvgIpc) is 2.82. The summed E-state index contributed by atoms with van der Waals surface area (Å²) >= 11 is 0. The van der Waals surface area contributed by atoms with Crippen LogP contribution in [0.1, 0.15) is 28.7 Å². The molecule has 24 heavy (non-hydrogen) atoms. The molecule has 1 aromatic carbocycles. The van der Waals surface area contributed by atoms with Crippen LogP contribution in [0.2, 0.25) is 0 Å². The first-order valence-corrected chi connectivity index (χ1v) is 7.61. The number of esters is 1. The second kappa shape index (κ2) is 7.63. The second-order valence-electron chi connectivity index (χ2n) is 5.17. The van der Waals surface area contributed by atoms with E-state index in [1.165, 1.54) is 11.8 Å². The molecule has 128 valence electrons. The van der Waals surface area contributed by atoms with Crippen molar-refractivity contribution in [2.45, 2.75) is 27.3 Å². The molecule has 0 saturated heterocycles. The number of methoxy groups -OCH3 is 1. The summed E-state index contributed by atoms with van der Waals surface area (Å²) < 4.78 is 11.7. The molecule has 7 heteroatoms. The minimum atomic E-state index is -0.460. The largest absolute Gasteiger partial charge is 0.492 e. The number of nitrogens with one attached hydrogen (secondary N) is 1. The predicted molar refractivity (Wildman–Crippen MR) is 89.3 cm³/mol. The molecule has 2 aromatic rings. The zero-order valence-electron chi connectivity index (χ0n) is 14.3. The molecular formula is C17H21N3O4. The van der Waals surface area contributed by atoms with Gasteiger partial charge < -0.3 is 14.8 Å². The van der Waals surface area contributed by atoms with Gasteiger partial charge in [-0.3, -0.25) is 9.48 Å². The molecular weight excluding hydrogens is 310 g/mol. The molecule has 1 heterocycles. The van der Waals surface area contributed by atoms with E-state index in [0.29, 0.717) is 35.0 Å². The quantitative estimate of drug-likeness (QED) is 0.822. The summed E-state index contributed by atoms with van der Waals surface area (Å²) in [5.74, 6) is -0.112. The fourth-order valence-corrected chi connectivity index (χ4v) is 2.43. The monoisotopic (exact) mass is 331 g/mol. The molecule has 0 aliphatic carbocycles. The summed E-state index contributed by atoms with van der Waals surface area (Å²) in [7, 11) is 1.32. The fraction of sp³-hybridized carbons (Fsp3) is 0.353. The molecule has 0 atom stereocenters. The summed E-state index contributed by atoms with van der Waals surface area (Å²) in [5.41, 5.74) is 2.11. The van der Waals surface area contributed by atoms with E-state index in [-0.39, 0.29) is 12.5 Å². The number of aryl methyl sites for hydroxylation is 1. The number of hydrogen-bond donors (Lipinski definition) is 1. The van der Waals surface area contributed by atoms with Gasteiger partial charge in [-0.15, -0.1) is 0 Å². The van der Waals surface area contributed by atoms with Crippen LogP contribution in [-0.2, 0) is 16.1 Å². The summed E-state index contributed by atoms with van der Waals surface area (Å²) in [4.78, 5) is 24.1. The van der Waals surface area contributed by atoms with Crippen LogP contribution in [0.15, 0.2) is 24.3 Å². The fourth-order valence-electron chi connectivity index (χ4n) is 2.43. The Morgan fingerprint density at radius 2 is 1.96 bits per heavy atom. The third-order valence-electron chi connectivity index (χ3n) is 3.53. The molecule has 7 nitrogen and oxygen atoms in total. The number of anilines is 1. The van der Waals surface area contributed by atoms with E-state index in [4.69, 9.17) is 9.47 Å². The highest BCUT2D eigenvalue weighted by Crippen LogP contribution is 2.23. The molecule has 0 spiro atoms. The summed E-state index contributed by atoms with van der Waals surface area (Å²) in [5, 5.41) is 7.05. The molecule has 1 amide bonds. The van der Waals surface area contributed by atoms with Crippen molar-refractivity contribution in [3.05, 3.63) is 41.2 Å². The SMILES string of the molecule is CCOc1ccccc1NC(=O)Cn1nc(C)c(C(=O)OC)c1C. The smallest absolute Gasteiger partial charge is 0.341 e. The van der Waals surface area contributed by atoms with Gasteiger partial charge in [0.15, 0.2) is 0 Å². The number of ether oxygens (including phenoxy) is 2. The van der Waals surface area contributed by atoms with E-state index in [1.807, 2.05) is 19.1 Å². The topological polar surface area (TPSA) is 82.5 Å². The highest BCUT2D eigenvalue weighted by atomic mass is 16.5. The van der Waals surface area contributed by atoms with Gasteiger partial charge >= 0.3 is 5.97 Å². The van der Waals surface area contributed by atoms with Crippen LogP contribution >= 0.6 is 0 Å². The van der Waals surface area contributed by atoms with Crippen LogP contribution in [0.4, 0.5) is 5.69 Å². The van der Waals surface area contributed by atoms with Crippen molar-refractivity contribution < 1.29 is 19.1 Å². The molecule has 0 aliphatic heterocycles. The maximum Gasteiger partial charge on any atom is 0.341 e. The Labute approximate surface area is 140 Å². The van der Waals surface area contributed by atoms with Crippen molar-refractivity contribution in [3.8, 4) is 5.75 Å². The molecule has 1 aromatic heterocycles. The number of aromatic nitrogens is 2. The van der Waals surface area contributed by atoms with Crippen molar-refractivity contribution in [2.75, 3.05) is 19.0 Å². The van der Waals surface area contributed by atoms with E-state index in [0.717, 1.165) is 0 Å². The zero-order chi connectivity index (χ0) is 17.7. The third-order valence-corrected chi connectivity index (χ3v) is 3.53. The van der Waals surface area contributed by atoms with Gasteiger partial charge in [0, 0.05) is 0 Å². The molecule has 0 saturated carbocycles. The summed E-state index contributed by atoms with van der Waals surface area (Å²) in [6.45, 7) is 5.81. The van der Waals surface area contributed by atoms with Crippen LogP contribution in [0.3, 0.4) is 0 Å². The number of carbonyl (C=O) groups is 2. The molecule has 2 rings (SSSR count). The predicted octanol–water partition coefficient (Wildman–Crippen LogP) is 2.32. The molecule has 0 unspecified atom stereocenters. The molecule has 0 radical (unpaired) electrons. The number of nitrogens with zero attached hydrogens (tertiary/aromatic N) is 2. The number of carbonyl (C=O) groups excluding carboxylic acids is 2. The Balaban J connectivity index is 2.15. The van der Waals surface area contributed by atoms with Crippen LogP contribution in [0.5, 0.6) is 5.75 Å². The number of para-hydroxylation sites is 2. The average molecular weight is 331 g/mol. The Hall–Kier alpha value is -2.83. The van der Waals surface area contributed by atoms with Gasteiger partial charge in [-0.1, -0.05) is 12.1 Å². The highest BCUT2D eigenvalue weighted by molar-refractivity contribution is 5.93.